The minimum Gasteiger partial charge on any atom is -0.457 e. The number of nitrogens with zero attached hydrogens (tertiary/aromatic N) is 2. The molecule has 4 aromatic rings. The van der Waals surface area contributed by atoms with Gasteiger partial charge in [-0.15, -0.1) is 0 Å². The van der Waals surface area contributed by atoms with Crippen molar-refractivity contribution in [3.05, 3.63) is 77.1 Å². The number of ketones is 1. The number of carbonyl (C=O) groups is 2. The highest BCUT2D eigenvalue weighted by Gasteiger charge is 2.50. The number of anilines is 2. The maximum Gasteiger partial charge on any atom is 0.250 e. The predicted molar refractivity (Wildman–Crippen MR) is 153 cm³/mol. The number of nitrogens with one attached hydrogen (secondary N) is 3. The molecule has 4 heterocycles. The van der Waals surface area contributed by atoms with Gasteiger partial charge in [0.25, 0.3) is 0 Å². The molecule has 1 amide bonds. The summed E-state index contributed by atoms with van der Waals surface area (Å²) in [6.07, 6.45) is 5.57. The summed E-state index contributed by atoms with van der Waals surface area (Å²) in [6, 6.07) is 14.7. The van der Waals surface area contributed by atoms with E-state index in [2.05, 4.69) is 25.5 Å². The first-order chi connectivity index (χ1) is 19.5. The lowest BCUT2D eigenvalue weighted by Gasteiger charge is -2.38. The van der Waals surface area contributed by atoms with Crippen molar-refractivity contribution in [3.63, 3.8) is 0 Å². The molecule has 1 saturated carbocycles. The Morgan fingerprint density at radius 3 is 2.73 bits per heavy atom. The quantitative estimate of drug-likeness (QED) is 0.288. The number of benzene rings is 2. The molecule has 3 aliphatic rings. The number of ether oxygens (including phenoxy) is 2. The summed E-state index contributed by atoms with van der Waals surface area (Å²) in [5, 5.41) is 7.58. The zero-order valence-electron chi connectivity index (χ0n) is 21.7. The van der Waals surface area contributed by atoms with Crippen LogP contribution in [0.25, 0.3) is 11.0 Å². The highest BCUT2D eigenvalue weighted by Crippen LogP contribution is 2.45. The first kappa shape index (κ1) is 25.1. The van der Waals surface area contributed by atoms with E-state index in [0.29, 0.717) is 63.9 Å². The smallest absolute Gasteiger partial charge is 0.250 e. The number of carbonyl (C=O) groups excluding carboxylic acids is 2. The highest BCUT2D eigenvalue weighted by atomic mass is 35.5. The largest absolute Gasteiger partial charge is 0.457 e. The zero-order valence-corrected chi connectivity index (χ0v) is 22.5. The van der Waals surface area contributed by atoms with E-state index in [-0.39, 0.29) is 16.7 Å². The Bertz CT molecular complexity index is 1620. The van der Waals surface area contributed by atoms with Gasteiger partial charge in [-0.2, -0.15) is 0 Å². The highest BCUT2D eigenvalue weighted by molar-refractivity contribution is 6.36. The van der Waals surface area contributed by atoms with Gasteiger partial charge in [0.1, 0.15) is 22.7 Å². The Morgan fingerprint density at radius 2 is 1.93 bits per heavy atom. The van der Waals surface area contributed by atoms with Gasteiger partial charge < -0.3 is 25.1 Å². The molecule has 1 spiro atoms. The van der Waals surface area contributed by atoms with E-state index in [9.17, 15) is 9.59 Å². The number of pyridine rings is 1. The second-order valence-corrected chi connectivity index (χ2v) is 11.0. The third-order valence-corrected chi connectivity index (χ3v) is 8.52. The molecule has 40 heavy (non-hydrogen) atoms. The predicted octanol–water partition coefficient (Wildman–Crippen LogP) is 5.23. The summed E-state index contributed by atoms with van der Waals surface area (Å²) in [5.74, 6) is 0.908. The van der Waals surface area contributed by atoms with Crippen molar-refractivity contribution in [2.24, 2.45) is 0 Å². The lowest BCUT2D eigenvalue weighted by molar-refractivity contribution is -0.120. The maximum absolute atomic E-state index is 13.8. The standard InChI is InChI=1S/C30H28ClN5O4/c31-23-14-20(40-19-4-2-1-3-5-19)6-7-21(23)27(37)22-16-32-28-25(22)26-24(17-33-28)34-29(38)30(35-26)9-8-18(15-30)36-10-12-39-13-11-36/h1-7,14,16-18,35H,8-13,15H2,(H,32,33)(H,34,38). The van der Waals surface area contributed by atoms with Crippen LogP contribution in [0, 0.1) is 0 Å². The topological polar surface area (TPSA) is 109 Å². The van der Waals surface area contributed by atoms with Gasteiger partial charge in [-0.25, -0.2) is 4.98 Å². The normalized spacial score (nSPS) is 22.6. The summed E-state index contributed by atoms with van der Waals surface area (Å²) >= 11 is 6.60. The molecule has 2 unspecified atom stereocenters. The van der Waals surface area contributed by atoms with E-state index >= 15 is 0 Å². The number of hydrogen-bond acceptors (Lipinski definition) is 7. The summed E-state index contributed by atoms with van der Waals surface area (Å²) in [5.41, 5.74) is 1.85. The van der Waals surface area contributed by atoms with Gasteiger partial charge in [0.05, 0.1) is 46.8 Å². The average Bonchev–Trinajstić information content (AvgIpc) is 3.60. The molecule has 1 saturated heterocycles. The molecule has 0 radical (unpaired) electrons. The van der Waals surface area contributed by atoms with Crippen molar-refractivity contribution in [2.75, 3.05) is 36.9 Å². The number of aromatic nitrogens is 2. The molecule has 1 aliphatic carbocycles. The second kappa shape index (κ2) is 9.92. The second-order valence-electron chi connectivity index (χ2n) is 10.6. The number of hydrogen-bond donors (Lipinski definition) is 3. The fourth-order valence-corrected chi connectivity index (χ4v) is 6.40. The van der Waals surface area contributed by atoms with Crippen LogP contribution >= 0.6 is 11.6 Å². The molecule has 9 nitrogen and oxygen atoms in total. The van der Waals surface area contributed by atoms with Crippen molar-refractivity contribution < 1.29 is 19.1 Å². The molecule has 2 aromatic heterocycles. The van der Waals surface area contributed by atoms with Crippen LogP contribution in [0.15, 0.2) is 60.9 Å². The Balaban J connectivity index is 1.20. The lowest BCUT2D eigenvalue weighted by atomic mass is 9.91. The number of H-pyrrole nitrogens is 1. The lowest BCUT2D eigenvalue weighted by Crippen LogP contribution is -2.52. The minimum atomic E-state index is -0.754. The SMILES string of the molecule is O=C(c1ccc(Oc2ccccc2)cc1Cl)c1c[nH]c2ncc3c(c12)NC1(CCC(N2CCOCC2)C1)C(=O)N3. The molecular weight excluding hydrogens is 530 g/mol. The molecule has 3 N–H and O–H groups in total. The van der Waals surface area contributed by atoms with Gasteiger partial charge in [0.15, 0.2) is 5.78 Å². The van der Waals surface area contributed by atoms with Crippen LogP contribution in [0.3, 0.4) is 0 Å². The van der Waals surface area contributed by atoms with Crippen LogP contribution < -0.4 is 15.4 Å². The number of halogens is 1. The van der Waals surface area contributed by atoms with E-state index < -0.39 is 5.54 Å². The van der Waals surface area contributed by atoms with Gasteiger partial charge >= 0.3 is 0 Å². The Hall–Kier alpha value is -3.92. The Morgan fingerprint density at radius 1 is 1.10 bits per heavy atom. The van der Waals surface area contributed by atoms with Crippen LogP contribution in [-0.4, -0.2) is 64.4 Å². The number of para-hydroxylation sites is 1. The molecule has 2 aromatic carbocycles. The number of rotatable bonds is 5. The van der Waals surface area contributed by atoms with Crippen molar-refractivity contribution in [3.8, 4) is 11.5 Å². The average molecular weight is 558 g/mol. The van der Waals surface area contributed by atoms with Crippen molar-refractivity contribution >= 4 is 45.7 Å². The zero-order chi connectivity index (χ0) is 27.3. The van der Waals surface area contributed by atoms with Crippen LogP contribution in [0.5, 0.6) is 11.5 Å². The van der Waals surface area contributed by atoms with E-state index in [0.717, 1.165) is 32.7 Å². The molecular formula is C30H28ClN5O4. The molecule has 2 aliphatic heterocycles. The third kappa shape index (κ3) is 4.30. The minimum absolute atomic E-state index is 0.0580. The van der Waals surface area contributed by atoms with Gasteiger partial charge in [-0.1, -0.05) is 29.8 Å². The first-order valence-electron chi connectivity index (χ1n) is 13.5. The van der Waals surface area contributed by atoms with E-state index in [4.69, 9.17) is 21.1 Å². The summed E-state index contributed by atoms with van der Waals surface area (Å²) in [7, 11) is 0. The van der Waals surface area contributed by atoms with Crippen molar-refractivity contribution in [1.29, 1.82) is 0 Å². The first-order valence-corrected chi connectivity index (χ1v) is 13.9. The third-order valence-electron chi connectivity index (χ3n) is 8.21. The monoisotopic (exact) mass is 557 g/mol. The summed E-state index contributed by atoms with van der Waals surface area (Å²) in [6.45, 7) is 3.18. The van der Waals surface area contributed by atoms with E-state index in [1.54, 1.807) is 30.6 Å². The van der Waals surface area contributed by atoms with Gasteiger partial charge in [-0.05, 0) is 43.5 Å². The van der Waals surface area contributed by atoms with Gasteiger partial charge in [-0.3, -0.25) is 14.5 Å². The Labute approximate surface area is 235 Å². The number of morpholine rings is 1. The number of amides is 1. The van der Waals surface area contributed by atoms with Crippen LogP contribution in [0.4, 0.5) is 11.4 Å². The van der Waals surface area contributed by atoms with Gasteiger partial charge in [0.2, 0.25) is 5.91 Å². The fraction of sp³-hybridized carbons (Fsp3) is 0.300. The Kier molecular flexibility index (Phi) is 6.22. The van der Waals surface area contributed by atoms with Crippen molar-refractivity contribution in [2.45, 2.75) is 30.8 Å². The van der Waals surface area contributed by atoms with Gasteiger partial charge in [0, 0.05) is 37.0 Å². The number of fused-ring (bicyclic) bond motifs is 3. The van der Waals surface area contributed by atoms with Crippen LogP contribution in [0.2, 0.25) is 5.02 Å². The molecule has 10 heteroatoms. The molecule has 2 atom stereocenters. The molecule has 7 rings (SSSR count). The van der Waals surface area contributed by atoms with Crippen molar-refractivity contribution in [1.82, 2.24) is 14.9 Å². The molecule has 2 fully saturated rings. The van der Waals surface area contributed by atoms with Crippen LogP contribution in [-0.2, 0) is 9.53 Å². The van der Waals surface area contributed by atoms with Crippen LogP contribution in [0.1, 0.15) is 35.2 Å². The fourth-order valence-electron chi connectivity index (χ4n) is 6.14. The maximum atomic E-state index is 13.8. The molecule has 0 bridgehead atoms. The number of aromatic amines is 1. The molecule has 204 valence electrons. The summed E-state index contributed by atoms with van der Waals surface area (Å²) in [4.78, 5) is 37.2. The van der Waals surface area contributed by atoms with E-state index in [1.807, 2.05) is 30.3 Å². The van der Waals surface area contributed by atoms with E-state index in [1.165, 1.54) is 0 Å². The summed E-state index contributed by atoms with van der Waals surface area (Å²) < 4.78 is 11.4.